The summed E-state index contributed by atoms with van der Waals surface area (Å²) in [5.41, 5.74) is 0. The van der Waals surface area contributed by atoms with Gasteiger partial charge in [0.1, 0.15) is 12.7 Å². The number of amides is 1. The minimum Gasteiger partial charge on any atom is -0.463 e. The average molecular weight is 918 g/mol. The number of esters is 1. The zero-order chi connectivity index (χ0) is 47.4. The Morgan fingerprint density at radius 2 is 0.831 bits per heavy atom. The van der Waals surface area contributed by atoms with Crippen molar-refractivity contribution in [2.45, 2.75) is 148 Å². The Labute approximate surface area is 394 Å². The number of hydrogen-bond acceptors (Lipinski definition) is 7. The molecule has 0 saturated carbocycles. The van der Waals surface area contributed by atoms with Crippen molar-refractivity contribution in [1.82, 2.24) is 5.32 Å². The van der Waals surface area contributed by atoms with Crippen molar-refractivity contribution in [3.63, 3.8) is 0 Å². The monoisotopic (exact) mass is 918 g/mol. The van der Waals surface area contributed by atoms with Gasteiger partial charge in [0.25, 0.3) is 0 Å². The lowest BCUT2D eigenvalue weighted by molar-refractivity contribution is -0.147. The molecule has 0 heterocycles. The number of allylic oxidation sites excluding steroid dienone is 26. The maximum Gasteiger partial charge on any atom is 0.472 e. The first-order valence-electron chi connectivity index (χ1n) is 24.0. The number of nitrogens with one attached hydrogen (secondary N) is 1. The molecule has 0 saturated heterocycles. The third-order valence-corrected chi connectivity index (χ3v) is 9.94. The lowest BCUT2D eigenvalue weighted by atomic mass is 10.1. The fourth-order valence-electron chi connectivity index (χ4n) is 5.43. The maximum absolute atomic E-state index is 12.1. The largest absolute Gasteiger partial charge is 0.472 e. The molecule has 0 aromatic heterocycles. The van der Waals surface area contributed by atoms with Crippen molar-refractivity contribution in [3.8, 4) is 0 Å². The third-order valence-electron chi connectivity index (χ3n) is 8.95. The summed E-state index contributed by atoms with van der Waals surface area (Å²) in [6.45, 7) is 3.17. The maximum atomic E-state index is 12.1. The lowest BCUT2D eigenvalue weighted by Gasteiger charge is -2.15. The number of unbranched alkanes of at least 4 members (excludes halogenated alkanes) is 3. The summed E-state index contributed by atoms with van der Waals surface area (Å²) in [6.07, 6.45) is 71.8. The van der Waals surface area contributed by atoms with Gasteiger partial charge in [0, 0.05) is 19.4 Å². The van der Waals surface area contributed by atoms with Crippen LogP contribution in [0.5, 0.6) is 0 Å². The Morgan fingerprint density at radius 1 is 0.477 bits per heavy atom. The predicted octanol–water partition coefficient (Wildman–Crippen LogP) is 14.2. The molecular formula is C55H84NO8P. The average Bonchev–Trinajstić information content (AvgIpc) is 3.29. The first kappa shape index (κ1) is 60.6. The first-order valence-corrected chi connectivity index (χ1v) is 25.5. The smallest absolute Gasteiger partial charge is 0.463 e. The van der Waals surface area contributed by atoms with Crippen molar-refractivity contribution in [1.29, 1.82) is 0 Å². The van der Waals surface area contributed by atoms with Crippen LogP contribution < -0.4 is 5.32 Å². The van der Waals surface area contributed by atoms with Gasteiger partial charge in [0.05, 0.1) is 13.2 Å². The fourth-order valence-corrected chi connectivity index (χ4v) is 6.19. The highest BCUT2D eigenvalue weighted by Gasteiger charge is 2.23. The SMILES string of the molecule is CC/C=C\C/C=C\C/C=C\C/C=C\C/C=C\C/C=C\C/C=C\CCCC(=O)OCC(O)COP(=O)(O)OCCNC(=O)CCCC/C=C\C/C=C\C/C=C\C/C=C\C/C=C\C/C=C\CC. The Morgan fingerprint density at radius 3 is 1.22 bits per heavy atom. The highest BCUT2D eigenvalue weighted by Crippen LogP contribution is 2.42. The number of carbonyl (C=O) groups excluding carboxylic acids is 2. The molecule has 0 radical (unpaired) electrons. The van der Waals surface area contributed by atoms with Gasteiger partial charge in [-0.3, -0.25) is 18.6 Å². The van der Waals surface area contributed by atoms with Crippen LogP contribution in [0.3, 0.4) is 0 Å². The van der Waals surface area contributed by atoms with Crippen molar-refractivity contribution >= 4 is 19.7 Å². The Balaban J connectivity index is 3.80. The van der Waals surface area contributed by atoms with E-state index in [-0.39, 0.29) is 32.1 Å². The van der Waals surface area contributed by atoms with Crippen molar-refractivity contribution < 1.29 is 37.9 Å². The molecule has 0 spiro atoms. The van der Waals surface area contributed by atoms with Crippen LogP contribution in [0.25, 0.3) is 0 Å². The number of carbonyl (C=O) groups is 2. The third kappa shape index (κ3) is 50.5. The molecule has 0 fully saturated rings. The Kier molecular flexibility index (Phi) is 45.8. The number of rotatable bonds is 42. The molecule has 362 valence electrons. The zero-order valence-corrected chi connectivity index (χ0v) is 40.7. The summed E-state index contributed by atoms with van der Waals surface area (Å²) in [5, 5.41) is 12.7. The van der Waals surface area contributed by atoms with Gasteiger partial charge in [-0.2, -0.15) is 0 Å². The number of phosphoric ester groups is 1. The van der Waals surface area contributed by atoms with Crippen LogP contribution in [0.2, 0.25) is 0 Å². The topological polar surface area (TPSA) is 131 Å². The van der Waals surface area contributed by atoms with Crippen LogP contribution >= 0.6 is 7.82 Å². The number of aliphatic hydroxyl groups excluding tert-OH is 1. The van der Waals surface area contributed by atoms with E-state index in [2.05, 4.69) is 171 Å². The molecule has 0 aliphatic heterocycles. The van der Waals surface area contributed by atoms with Gasteiger partial charge in [0.15, 0.2) is 0 Å². The minimum absolute atomic E-state index is 0.0394. The van der Waals surface area contributed by atoms with E-state index in [0.29, 0.717) is 12.8 Å². The molecule has 3 N–H and O–H groups in total. The second-order valence-electron chi connectivity index (χ2n) is 15.0. The summed E-state index contributed by atoms with van der Waals surface area (Å²) in [7, 11) is -4.46. The molecule has 10 heteroatoms. The van der Waals surface area contributed by atoms with E-state index in [0.717, 1.165) is 109 Å². The molecule has 0 aliphatic rings. The van der Waals surface area contributed by atoms with Crippen molar-refractivity contribution in [3.05, 3.63) is 158 Å². The number of hydrogen-bond donors (Lipinski definition) is 3. The summed E-state index contributed by atoms with van der Waals surface area (Å²) in [4.78, 5) is 34.0. The van der Waals surface area contributed by atoms with Crippen LogP contribution in [0.1, 0.15) is 142 Å². The van der Waals surface area contributed by atoms with E-state index < -0.39 is 26.5 Å². The van der Waals surface area contributed by atoms with Crippen LogP contribution in [0.4, 0.5) is 0 Å². The summed E-state index contributed by atoms with van der Waals surface area (Å²) < 4.78 is 26.9. The van der Waals surface area contributed by atoms with E-state index in [1.165, 1.54) is 0 Å². The molecule has 9 nitrogen and oxygen atoms in total. The second-order valence-corrected chi connectivity index (χ2v) is 16.4. The molecule has 2 unspecified atom stereocenters. The van der Waals surface area contributed by atoms with Gasteiger partial charge in [0.2, 0.25) is 5.91 Å². The summed E-state index contributed by atoms with van der Waals surface area (Å²) in [6, 6.07) is 0. The van der Waals surface area contributed by atoms with Gasteiger partial charge in [-0.05, 0) is 116 Å². The zero-order valence-electron chi connectivity index (χ0n) is 39.9. The van der Waals surface area contributed by atoms with Crippen molar-refractivity contribution in [2.75, 3.05) is 26.4 Å². The lowest BCUT2D eigenvalue weighted by Crippen LogP contribution is -2.27. The van der Waals surface area contributed by atoms with Crippen LogP contribution in [-0.2, 0) is 27.9 Å². The Bertz CT molecular complexity index is 1610. The molecule has 0 aromatic carbocycles. The highest BCUT2D eigenvalue weighted by molar-refractivity contribution is 7.47. The molecule has 0 rings (SSSR count). The van der Waals surface area contributed by atoms with E-state index in [1.807, 2.05) is 6.08 Å². The molecule has 65 heavy (non-hydrogen) atoms. The number of ether oxygens (including phenoxy) is 1. The van der Waals surface area contributed by atoms with E-state index >= 15 is 0 Å². The molecule has 0 aromatic rings. The Hall–Kier alpha value is -4.37. The summed E-state index contributed by atoms with van der Waals surface area (Å²) in [5.74, 6) is -0.637. The van der Waals surface area contributed by atoms with E-state index in [1.54, 1.807) is 0 Å². The van der Waals surface area contributed by atoms with Gasteiger partial charge in [-0.1, -0.05) is 172 Å². The van der Waals surface area contributed by atoms with Gasteiger partial charge < -0.3 is 20.1 Å². The van der Waals surface area contributed by atoms with Gasteiger partial charge in [-0.25, -0.2) is 4.57 Å². The van der Waals surface area contributed by atoms with E-state index in [9.17, 15) is 24.2 Å². The predicted molar refractivity (Wildman–Crippen MR) is 274 cm³/mol. The fraction of sp³-hybridized carbons (Fsp3) is 0.491. The highest BCUT2D eigenvalue weighted by atomic mass is 31.2. The second kappa shape index (κ2) is 49.1. The van der Waals surface area contributed by atoms with Gasteiger partial charge in [-0.15, -0.1) is 0 Å². The van der Waals surface area contributed by atoms with Gasteiger partial charge >= 0.3 is 13.8 Å². The van der Waals surface area contributed by atoms with Crippen LogP contribution in [-0.4, -0.2) is 54.3 Å². The van der Waals surface area contributed by atoms with Crippen LogP contribution in [0.15, 0.2) is 158 Å². The standard InChI is InChI=1S/C55H84NO8P/c1-3-5-7-9-11-13-15-17-19-21-23-25-26-28-30-32-34-36-38-40-42-44-46-48-55(59)62-51-53(57)52-64-65(60,61)63-50-49-56-54(58)47-45-43-41-39-37-35-33-31-29-27-24-22-20-18-16-14-12-10-8-6-4-2/h5-8,11-14,17-20,23-25,27-28,30-31,33-34,36-37,39-40,42,53,57H,3-4,9-10,15-16,21-22,26,29,32,35,38,41,43-52H2,1-2H3,(H,56,58)(H,60,61)/b7-5-,8-6-,13-11-,14-12-,19-17-,20-18-,25-23-,27-24-,30-28-,33-31-,36-34-,39-37-,42-40-. The number of phosphoric acid groups is 1. The van der Waals surface area contributed by atoms with Crippen LogP contribution in [0, 0.1) is 0 Å². The molecule has 0 aliphatic carbocycles. The molecule has 2 atom stereocenters. The quantitative estimate of drug-likeness (QED) is 0.0239. The first-order chi connectivity index (χ1) is 31.8. The van der Waals surface area contributed by atoms with Crippen molar-refractivity contribution in [2.24, 2.45) is 0 Å². The van der Waals surface area contributed by atoms with E-state index in [4.69, 9.17) is 13.8 Å². The normalized spacial score (nSPS) is 14.6. The molecule has 1 amide bonds. The molecular weight excluding hydrogens is 834 g/mol. The minimum atomic E-state index is -4.46. The summed E-state index contributed by atoms with van der Waals surface area (Å²) >= 11 is 0. The molecule has 0 bridgehead atoms. The number of aliphatic hydroxyl groups is 1.